The van der Waals surface area contributed by atoms with Crippen LogP contribution in [0.5, 0.6) is 0 Å². The maximum atomic E-state index is 12.7. The van der Waals surface area contributed by atoms with Crippen molar-refractivity contribution in [2.45, 2.75) is 6.18 Å². The van der Waals surface area contributed by atoms with Crippen LogP contribution in [0.2, 0.25) is 0 Å². The molecule has 3 rings (SSSR count). The van der Waals surface area contributed by atoms with Gasteiger partial charge in [-0.05, 0) is 18.2 Å². The van der Waals surface area contributed by atoms with Gasteiger partial charge in [-0.3, -0.25) is 0 Å². The predicted molar refractivity (Wildman–Crippen MR) is 79.8 cm³/mol. The van der Waals surface area contributed by atoms with Crippen LogP contribution >= 0.6 is 0 Å². The second-order valence-electron chi connectivity index (χ2n) is 4.83. The van der Waals surface area contributed by atoms with Crippen molar-refractivity contribution in [3.63, 3.8) is 0 Å². The Morgan fingerprint density at radius 3 is 2.45 bits per heavy atom. The van der Waals surface area contributed by atoms with E-state index in [1.54, 1.807) is 18.2 Å². The van der Waals surface area contributed by atoms with E-state index in [9.17, 15) is 13.2 Å². The third-order valence-electron chi connectivity index (χ3n) is 3.34. The number of nitrogens with two attached hydrogens (primary N) is 2. The van der Waals surface area contributed by atoms with Crippen LogP contribution in [-0.4, -0.2) is 4.98 Å². The molecule has 0 fully saturated rings. The Labute approximate surface area is 124 Å². The second kappa shape index (κ2) is 4.91. The minimum Gasteiger partial charge on any atom is -0.398 e. The standard InChI is InChI=1S/C16H11F3N3/c17-16(18,19)10-5-6-11(13(20)8-10)12-7-9-3-1-2-4-14(9)22-15(12)21/h1-3,5-8H,20H2,(H2,21,22). The van der Waals surface area contributed by atoms with E-state index in [0.717, 1.165) is 17.5 Å². The fraction of sp³-hybridized carbons (Fsp3) is 0.0625. The molecule has 3 aromatic rings. The molecule has 0 atom stereocenters. The molecule has 0 aliphatic rings. The van der Waals surface area contributed by atoms with Gasteiger partial charge in [0.2, 0.25) is 0 Å². The van der Waals surface area contributed by atoms with Crippen LogP contribution in [-0.2, 0) is 6.18 Å². The van der Waals surface area contributed by atoms with Crippen LogP contribution in [0.25, 0.3) is 22.0 Å². The zero-order valence-corrected chi connectivity index (χ0v) is 11.3. The van der Waals surface area contributed by atoms with Gasteiger partial charge in [-0.25, -0.2) is 4.98 Å². The number of aromatic nitrogens is 1. The summed E-state index contributed by atoms with van der Waals surface area (Å²) in [5.41, 5.74) is 12.4. The smallest absolute Gasteiger partial charge is 0.398 e. The Morgan fingerprint density at radius 2 is 1.77 bits per heavy atom. The number of hydrogen-bond donors (Lipinski definition) is 2. The average Bonchev–Trinajstić information content (AvgIpc) is 2.46. The Bertz CT molecular complexity index is 857. The molecule has 0 saturated carbocycles. The summed E-state index contributed by atoms with van der Waals surface area (Å²) in [5, 5.41) is 0.783. The topological polar surface area (TPSA) is 64.9 Å². The number of para-hydroxylation sites is 1. The zero-order chi connectivity index (χ0) is 15.9. The van der Waals surface area contributed by atoms with Gasteiger partial charge in [0.1, 0.15) is 5.82 Å². The van der Waals surface area contributed by atoms with Crippen molar-refractivity contribution in [1.82, 2.24) is 4.98 Å². The molecule has 0 aliphatic carbocycles. The van der Waals surface area contributed by atoms with Gasteiger partial charge in [-0.2, -0.15) is 13.2 Å². The van der Waals surface area contributed by atoms with Crippen molar-refractivity contribution in [3.8, 4) is 11.1 Å². The van der Waals surface area contributed by atoms with Crippen LogP contribution in [0, 0.1) is 6.07 Å². The molecule has 2 aromatic carbocycles. The molecule has 0 amide bonds. The summed E-state index contributed by atoms with van der Waals surface area (Å²) in [6.45, 7) is 0. The molecule has 6 heteroatoms. The van der Waals surface area contributed by atoms with Crippen molar-refractivity contribution in [2.75, 3.05) is 11.5 Å². The van der Waals surface area contributed by atoms with Crippen molar-refractivity contribution in [1.29, 1.82) is 0 Å². The number of halogens is 3. The second-order valence-corrected chi connectivity index (χ2v) is 4.83. The number of alkyl halides is 3. The molecule has 111 valence electrons. The normalized spacial score (nSPS) is 11.8. The van der Waals surface area contributed by atoms with Gasteiger partial charge in [0.15, 0.2) is 0 Å². The molecule has 0 aliphatic heterocycles. The third kappa shape index (κ3) is 2.43. The number of nitrogen functional groups attached to an aromatic ring is 2. The number of benzene rings is 2. The quantitative estimate of drug-likeness (QED) is 0.670. The summed E-state index contributed by atoms with van der Waals surface area (Å²) in [7, 11) is 0. The SMILES string of the molecule is Nc1cc(C(F)(F)F)ccc1-c1cc2ccc[c]c2nc1N. The summed E-state index contributed by atoms with van der Waals surface area (Å²) < 4.78 is 38.1. The summed E-state index contributed by atoms with van der Waals surface area (Å²) in [6, 6.07) is 13.2. The summed E-state index contributed by atoms with van der Waals surface area (Å²) in [5.74, 6) is 0.196. The molecule has 0 bridgehead atoms. The van der Waals surface area contributed by atoms with E-state index >= 15 is 0 Å². The van der Waals surface area contributed by atoms with E-state index < -0.39 is 11.7 Å². The lowest BCUT2D eigenvalue weighted by Gasteiger charge is -2.13. The molecule has 0 saturated heterocycles. The average molecular weight is 302 g/mol. The van der Waals surface area contributed by atoms with Crippen LogP contribution in [0.15, 0.2) is 42.5 Å². The minimum absolute atomic E-state index is 0.00239. The van der Waals surface area contributed by atoms with E-state index in [-0.39, 0.29) is 11.5 Å². The molecule has 1 radical (unpaired) electrons. The van der Waals surface area contributed by atoms with E-state index in [1.165, 1.54) is 6.07 Å². The summed E-state index contributed by atoms with van der Waals surface area (Å²) in [6.07, 6.45) is -4.44. The minimum atomic E-state index is -4.44. The first kappa shape index (κ1) is 14.2. The maximum absolute atomic E-state index is 12.7. The lowest BCUT2D eigenvalue weighted by Crippen LogP contribution is -2.06. The summed E-state index contributed by atoms with van der Waals surface area (Å²) >= 11 is 0. The number of anilines is 2. The van der Waals surface area contributed by atoms with E-state index in [1.807, 2.05) is 6.07 Å². The highest BCUT2D eigenvalue weighted by Crippen LogP contribution is 2.36. The zero-order valence-electron chi connectivity index (χ0n) is 11.3. The number of nitrogens with zero attached hydrogens (tertiary/aromatic N) is 1. The Kier molecular flexibility index (Phi) is 3.16. The van der Waals surface area contributed by atoms with E-state index in [4.69, 9.17) is 11.5 Å². The van der Waals surface area contributed by atoms with Gasteiger partial charge in [-0.1, -0.05) is 24.3 Å². The monoisotopic (exact) mass is 302 g/mol. The highest BCUT2D eigenvalue weighted by Gasteiger charge is 2.31. The van der Waals surface area contributed by atoms with Gasteiger partial charge in [0.05, 0.1) is 11.1 Å². The van der Waals surface area contributed by atoms with E-state index in [2.05, 4.69) is 11.1 Å². The molecular formula is C16H11F3N3. The van der Waals surface area contributed by atoms with Crippen molar-refractivity contribution in [3.05, 3.63) is 54.1 Å². The predicted octanol–water partition coefficient (Wildman–Crippen LogP) is 3.89. The first-order valence-corrected chi connectivity index (χ1v) is 6.40. The van der Waals surface area contributed by atoms with Gasteiger partial charge >= 0.3 is 6.18 Å². The maximum Gasteiger partial charge on any atom is 0.416 e. The Morgan fingerprint density at radius 1 is 1.00 bits per heavy atom. The van der Waals surface area contributed by atoms with Crippen molar-refractivity contribution < 1.29 is 13.2 Å². The fourth-order valence-electron chi connectivity index (χ4n) is 2.26. The molecule has 0 spiro atoms. The first-order chi connectivity index (χ1) is 10.4. The van der Waals surface area contributed by atoms with Gasteiger partial charge in [0.25, 0.3) is 0 Å². The van der Waals surface area contributed by atoms with Crippen LogP contribution < -0.4 is 11.5 Å². The Balaban J connectivity index is 2.17. The lowest BCUT2D eigenvalue weighted by atomic mass is 10.0. The third-order valence-corrected chi connectivity index (χ3v) is 3.34. The molecule has 0 unspecified atom stereocenters. The molecule has 22 heavy (non-hydrogen) atoms. The molecule has 1 aromatic heterocycles. The van der Waals surface area contributed by atoms with Crippen molar-refractivity contribution in [2.24, 2.45) is 0 Å². The number of pyridine rings is 1. The molecular weight excluding hydrogens is 291 g/mol. The highest BCUT2D eigenvalue weighted by molar-refractivity contribution is 5.91. The number of rotatable bonds is 1. The molecule has 4 N–H and O–H groups in total. The largest absolute Gasteiger partial charge is 0.416 e. The number of fused-ring (bicyclic) bond motifs is 1. The first-order valence-electron chi connectivity index (χ1n) is 6.40. The van der Waals surface area contributed by atoms with Gasteiger partial charge in [0, 0.05) is 28.3 Å². The number of hydrogen-bond acceptors (Lipinski definition) is 3. The fourth-order valence-corrected chi connectivity index (χ4v) is 2.26. The van der Waals surface area contributed by atoms with Crippen LogP contribution in [0.3, 0.4) is 0 Å². The van der Waals surface area contributed by atoms with Gasteiger partial charge in [-0.15, -0.1) is 0 Å². The van der Waals surface area contributed by atoms with Crippen LogP contribution in [0.4, 0.5) is 24.7 Å². The molecule has 3 nitrogen and oxygen atoms in total. The van der Waals surface area contributed by atoms with Gasteiger partial charge < -0.3 is 11.5 Å². The van der Waals surface area contributed by atoms with Crippen molar-refractivity contribution >= 4 is 22.4 Å². The van der Waals surface area contributed by atoms with Crippen LogP contribution in [0.1, 0.15) is 5.56 Å². The Hall–Kier alpha value is -2.76. The van der Waals surface area contributed by atoms with E-state index in [0.29, 0.717) is 16.6 Å². The summed E-state index contributed by atoms with van der Waals surface area (Å²) in [4.78, 5) is 4.21. The highest BCUT2D eigenvalue weighted by atomic mass is 19.4. The molecule has 1 heterocycles. The lowest BCUT2D eigenvalue weighted by molar-refractivity contribution is -0.137.